The van der Waals surface area contributed by atoms with Gasteiger partial charge in [0.1, 0.15) is 11.9 Å². The summed E-state index contributed by atoms with van der Waals surface area (Å²) in [5.41, 5.74) is 7.53. The van der Waals surface area contributed by atoms with Gasteiger partial charge in [0.25, 0.3) is 0 Å². The van der Waals surface area contributed by atoms with Crippen molar-refractivity contribution in [3.8, 4) is 0 Å². The number of nitrogens with zero attached hydrogens (tertiary/aromatic N) is 2. The van der Waals surface area contributed by atoms with Gasteiger partial charge in [0.2, 0.25) is 11.8 Å². The molecule has 3 N–H and O–H groups in total. The first-order valence-corrected chi connectivity index (χ1v) is 9.49. The zero-order valence-electron chi connectivity index (χ0n) is 15.7. The maximum absolute atomic E-state index is 13.8. The van der Waals surface area contributed by atoms with Crippen molar-refractivity contribution in [1.82, 2.24) is 15.2 Å². The topological polar surface area (TPSA) is 88.3 Å². The highest BCUT2D eigenvalue weighted by molar-refractivity contribution is 5.88. The summed E-state index contributed by atoms with van der Waals surface area (Å²) in [4.78, 5) is 30.8. The summed E-state index contributed by atoms with van der Waals surface area (Å²) in [5, 5.41) is 2.88. The Morgan fingerprint density at radius 1 is 1.25 bits per heavy atom. The number of hydrogen-bond donors (Lipinski definition) is 2. The van der Waals surface area contributed by atoms with E-state index in [9.17, 15) is 14.0 Å². The van der Waals surface area contributed by atoms with Crippen molar-refractivity contribution in [2.24, 2.45) is 5.73 Å². The molecule has 0 spiro atoms. The molecule has 1 aliphatic rings. The zero-order valence-corrected chi connectivity index (χ0v) is 15.7. The molecular formula is C21H25FN4O2. The Morgan fingerprint density at radius 2 is 2.00 bits per heavy atom. The number of benzene rings is 1. The fourth-order valence-corrected chi connectivity index (χ4v) is 3.51. The van der Waals surface area contributed by atoms with Gasteiger partial charge >= 0.3 is 0 Å². The van der Waals surface area contributed by atoms with Gasteiger partial charge in [-0.1, -0.05) is 18.2 Å². The van der Waals surface area contributed by atoms with Crippen LogP contribution in [-0.4, -0.2) is 40.3 Å². The Hall–Kier alpha value is -2.80. The van der Waals surface area contributed by atoms with Crippen LogP contribution in [0, 0.1) is 5.82 Å². The Balaban J connectivity index is 1.53. The third-order valence-electron chi connectivity index (χ3n) is 4.97. The number of carbonyl (C=O) groups is 2. The number of aromatic nitrogens is 1. The van der Waals surface area contributed by atoms with Crippen LogP contribution in [-0.2, 0) is 22.6 Å². The summed E-state index contributed by atoms with van der Waals surface area (Å²) in [7, 11) is 0. The second-order valence-corrected chi connectivity index (χ2v) is 7.08. The number of pyridine rings is 1. The van der Waals surface area contributed by atoms with Gasteiger partial charge in [0.15, 0.2) is 0 Å². The quantitative estimate of drug-likeness (QED) is 0.762. The molecule has 3 rings (SSSR count). The number of nitrogens with two attached hydrogens (primary N) is 1. The number of hydrogen-bond acceptors (Lipinski definition) is 4. The highest BCUT2D eigenvalue weighted by atomic mass is 19.1. The summed E-state index contributed by atoms with van der Waals surface area (Å²) in [5.74, 6) is -0.643. The van der Waals surface area contributed by atoms with Crippen LogP contribution in [0.1, 0.15) is 30.4 Å². The Bertz CT molecular complexity index is 815. The van der Waals surface area contributed by atoms with Crippen LogP contribution >= 0.6 is 0 Å². The first-order chi connectivity index (χ1) is 13.5. The van der Waals surface area contributed by atoms with Crippen LogP contribution in [0.3, 0.4) is 0 Å². The largest absolute Gasteiger partial charge is 0.350 e. The van der Waals surface area contributed by atoms with Gasteiger partial charge in [-0.15, -0.1) is 0 Å². The van der Waals surface area contributed by atoms with Crippen LogP contribution < -0.4 is 11.1 Å². The molecule has 2 atom stereocenters. The number of carbonyl (C=O) groups excluding carboxylic acids is 2. The molecule has 2 aromatic rings. The van der Waals surface area contributed by atoms with E-state index in [4.69, 9.17) is 5.73 Å². The Kier molecular flexibility index (Phi) is 6.71. The standard InChI is InChI=1S/C21H25FN4O2/c22-18-5-2-1-4-16(18)12-17(23)13-20(27)26-11-3-6-19(26)21(28)25-14-15-7-9-24-10-8-15/h1-2,4-5,7-10,17,19H,3,6,11-14,23H2,(H,25,28)/t17-,19+/m1/s1. The van der Waals surface area contributed by atoms with Gasteiger partial charge in [-0.25, -0.2) is 4.39 Å². The van der Waals surface area contributed by atoms with Crippen molar-refractivity contribution in [2.75, 3.05) is 6.54 Å². The molecule has 1 aromatic carbocycles. The second kappa shape index (κ2) is 9.41. The number of halogens is 1. The number of nitrogens with one attached hydrogen (secondary N) is 1. The van der Waals surface area contributed by atoms with Crippen molar-refractivity contribution < 1.29 is 14.0 Å². The monoisotopic (exact) mass is 384 g/mol. The summed E-state index contributed by atoms with van der Waals surface area (Å²) in [6.07, 6.45) is 5.12. The SMILES string of the molecule is N[C@@H](CC(=O)N1CCC[C@H]1C(=O)NCc1ccncc1)Cc1ccccc1F. The minimum absolute atomic E-state index is 0.0858. The molecule has 28 heavy (non-hydrogen) atoms. The second-order valence-electron chi connectivity index (χ2n) is 7.08. The van der Waals surface area contributed by atoms with Crippen LogP contribution in [0.15, 0.2) is 48.8 Å². The fourth-order valence-electron chi connectivity index (χ4n) is 3.51. The first-order valence-electron chi connectivity index (χ1n) is 9.49. The molecule has 0 bridgehead atoms. The van der Waals surface area contributed by atoms with E-state index in [0.29, 0.717) is 25.1 Å². The van der Waals surface area contributed by atoms with E-state index in [-0.39, 0.29) is 30.5 Å². The molecule has 6 nitrogen and oxygen atoms in total. The van der Waals surface area contributed by atoms with Gasteiger partial charge in [-0.05, 0) is 48.6 Å². The minimum atomic E-state index is -0.495. The summed E-state index contributed by atoms with van der Waals surface area (Å²) >= 11 is 0. The molecule has 2 amide bonds. The van der Waals surface area contributed by atoms with Gasteiger partial charge < -0.3 is 16.0 Å². The molecule has 1 aliphatic heterocycles. The van der Waals surface area contributed by atoms with E-state index in [1.165, 1.54) is 6.07 Å². The van der Waals surface area contributed by atoms with Crippen molar-refractivity contribution >= 4 is 11.8 Å². The number of rotatable bonds is 7. The van der Waals surface area contributed by atoms with Crippen molar-refractivity contribution in [3.63, 3.8) is 0 Å². The predicted octanol–water partition coefficient (Wildman–Crippen LogP) is 1.79. The highest BCUT2D eigenvalue weighted by Gasteiger charge is 2.34. The maximum atomic E-state index is 13.8. The molecule has 2 heterocycles. The Labute approximate surface area is 163 Å². The lowest BCUT2D eigenvalue weighted by Crippen LogP contribution is -2.47. The predicted molar refractivity (Wildman–Crippen MR) is 104 cm³/mol. The van der Waals surface area contributed by atoms with Crippen LogP contribution in [0.2, 0.25) is 0 Å². The van der Waals surface area contributed by atoms with Crippen molar-refractivity contribution in [3.05, 3.63) is 65.7 Å². The molecule has 148 valence electrons. The van der Waals surface area contributed by atoms with E-state index in [1.807, 2.05) is 12.1 Å². The normalized spacial score (nSPS) is 17.4. The van der Waals surface area contributed by atoms with E-state index in [2.05, 4.69) is 10.3 Å². The molecule has 1 aromatic heterocycles. The fraction of sp³-hybridized carbons (Fsp3) is 0.381. The molecule has 1 fully saturated rings. The highest BCUT2D eigenvalue weighted by Crippen LogP contribution is 2.20. The molecule has 7 heteroatoms. The van der Waals surface area contributed by atoms with Crippen LogP contribution in [0.4, 0.5) is 4.39 Å². The number of amides is 2. The zero-order chi connectivity index (χ0) is 19.9. The third-order valence-corrected chi connectivity index (χ3v) is 4.97. The maximum Gasteiger partial charge on any atom is 0.243 e. The van der Waals surface area contributed by atoms with Gasteiger partial charge in [-0.3, -0.25) is 14.6 Å². The van der Waals surface area contributed by atoms with Crippen molar-refractivity contribution in [2.45, 2.75) is 44.3 Å². The molecule has 0 aliphatic carbocycles. The lowest BCUT2D eigenvalue weighted by Gasteiger charge is -2.25. The van der Waals surface area contributed by atoms with E-state index < -0.39 is 12.1 Å². The lowest BCUT2D eigenvalue weighted by atomic mass is 10.0. The summed E-state index contributed by atoms with van der Waals surface area (Å²) < 4.78 is 13.8. The summed E-state index contributed by atoms with van der Waals surface area (Å²) in [6, 6.07) is 9.11. The summed E-state index contributed by atoms with van der Waals surface area (Å²) in [6.45, 7) is 0.936. The van der Waals surface area contributed by atoms with Crippen LogP contribution in [0.5, 0.6) is 0 Å². The van der Waals surface area contributed by atoms with E-state index in [1.54, 1.807) is 35.5 Å². The smallest absolute Gasteiger partial charge is 0.243 e. The molecule has 0 radical (unpaired) electrons. The van der Waals surface area contributed by atoms with Crippen LogP contribution in [0.25, 0.3) is 0 Å². The van der Waals surface area contributed by atoms with Gasteiger partial charge in [-0.2, -0.15) is 0 Å². The lowest BCUT2D eigenvalue weighted by molar-refractivity contribution is -0.138. The van der Waals surface area contributed by atoms with Gasteiger partial charge in [0.05, 0.1) is 0 Å². The Morgan fingerprint density at radius 3 is 2.75 bits per heavy atom. The molecule has 1 saturated heterocycles. The third kappa shape index (κ3) is 5.13. The molecule has 0 unspecified atom stereocenters. The average Bonchev–Trinajstić information content (AvgIpc) is 3.19. The first kappa shape index (κ1) is 19.9. The van der Waals surface area contributed by atoms with Gasteiger partial charge in [0, 0.05) is 37.9 Å². The average molecular weight is 384 g/mol. The molecule has 0 saturated carbocycles. The van der Waals surface area contributed by atoms with Crippen molar-refractivity contribution in [1.29, 1.82) is 0 Å². The molecular weight excluding hydrogens is 359 g/mol. The minimum Gasteiger partial charge on any atom is -0.350 e. The number of likely N-dealkylation sites (tertiary alicyclic amines) is 1. The van der Waals surface area contributed by atoms with E-state index >= 15 is 0 Å². The van der Waals surface area contributed by atoms with E-state index in [0.717, 1.165) is 12.0 Å².